The Balaban J connectivity index is 1.98. The van der Waals surface area contributed by atoms with Crippen molar-refractivity contribution < 1.29 is 9.18 Å². The molecule has 0 radical (unpaired) electrons. The highest BCUT2D eigenvalue weighted by atomic mass is 35.5. The van der Waals surface area contributed by atoms with Crippen molar-refractivity contribution >= 4 is 23.2 Å². The van der Waals surface area contributed by atoms with E-state index in [-0.39, 0.29) is 23.7 Å². The monoisotopic (exact) mass is 299 g/mol. The molecule has 20 heavy (non-hydrogen) atoms. The third kappa shape index (κ3) is 3.69. The van der Waals surface area contributed by atoms with Gasteiger partial charge in [0, 0.05) is 30.2 Å². The maximum absolute atomic E-state index is 13.6. The fourth-order valence-electron chi connectivity index (χ4n) is 2.27. The maximum atomic E-state index is 13.6. The lowest BCUT2D eigenvalue weighted by Crippen LogP contribution is -2.59. The molecule has 1 aromatic rings. The van der Waals surface area contributed by atoms with Gasteiger partial charge in [-0.3, -0.25) is 9.69 Å². The Kier molecular flexibility index (Phi) is 4.62. The van der Waals surface area contributed by atoms with Gasteiger partial charge in [-0.15, -0.1) is 0 Å². The second kappa shape index (κ2) is 6.08. The predicted octanol–water partition coefficient (Wildman–Crippen LogP) is 2.10. The summed E-state index contributed by atoms with van der Waals surface area (Å²) in [5, 5.41) is 6.19. The molecule has 1 amide bonds. The van der Waals surface area contributed by atoms with Crippen LogP contribution in [0.3, 0.4) is 0 Å². The quantitative estimate of drug-likeness (QED) is 0.898. The smallest absolute Gasteiger partial charge is 0.238 e. The Morgan fingerprint density at radius 1 is 1.55 bits per heavy atom. The average molecular weight is 300 g/mol. The van der Waals surface area contributed by atoms with Gasteiger partial charge in [0.15, 0.2) is 0 Å². The van der Waals surface area contributed by atoms with Gasteiger partial charge in [-0.05, 0) is 32.0 Å². The molecular formula is C14H19ClFN3O. The van der Waals surface area contributed by atoms with E-state index in [1.165, 1.54) is 12.1 Å². The first kappa shape index (κ1) is 15.2. The molecule has 1 aromatic carbocycles. The van der Waals surface area contributed by atoms with Crippen LogP contribution in [-0.4, -0.2) is 42.5 Å². The van der Waals surface area contributed by atoms with Crippen LogP contribution in [0.25, 0.3) is 0 Å². The highest BCUT2D eigenvalue weighted by molar-refractivity contribution is 6.30. The molecule has 0 spiro atoms. The van der Waals surface area contributed by atoms with Crippen molar-refractivity contribution in [2.75, 3.05) is 31.5 Å². The number of hydrogen-bond donors (Lipinski definition) is 2. The first-order valence-electron chi connectivity index (χ1n) is 6.59. The highest BCUT2D eigenvalue weighted by Crippen LogP contribution is 2.20. The van der Waals surface area contributed by atoms with Gasteiger partial charge in [0.25, 0.3) is 0 Å². The third-order valence-corrected chi connectivity index (χ3v) is 3.75. The molecule has 6 heteroatoms. The molecule has 0 aromatic heterocycles. The molecule has 0 bridgehead atoms. The number of halogens is 2. The van der Waals surface area contributed by atoms with Crippen molar-refractivity contribution in [1.29, 1.82) is 0 Å². The van der Waals surface area contributed by atoms with Crippen molar-refractivity contribution in [3.8, 4) is 0 Å². The number of carbonyl (C=O) groups excluding carboxylic acids is 1. The van der Waals surface area contributed by atoms with Crippen LogP contribution in [0.15, 0.2) is 18.2 Å². The highest BCUT2D eigenvalue weighted by Gasteiger charge is 2.30. The number of nitrogens with one attached hydrogen (secondary N) is 2. The van der Waals surface area contributed by atoms with E-state index in [1.54, 1.807) is 6.07 Å². The molecule has 0 unspecified atom stereocenters. The molecule has 1 aliphatic heterocycles. The van der Waals surface area contributed by atoms with Crippen LogP contribution in [0.5, 0.6) is 0 Å². The van der Waals surface area contributed by atoms with E-state index in [9.17, 15) is 9.18 Å². The van der Waals surface area contributed by atoms with Gasteiger partial charge in [-0.2, -0.15) is 0 Å². The Hall–Kier alpha value is -1.17. The van der Waals surface area contributed by atoms with Crippen molar-refractivity contribution in [3.63, 3.8) is 0 Å². The first-order chi connectivity index (χ1) is 9.38. The molecule has 2 rings (SSSR count). The Labute approximate surface area is 123 Å². The van der Waals surface area contributed by atoms with E-state index < -0.39 is 5.82 Å². The topological polar surface area (TPSA) is 44.4 Å². The number of piperazine rings is 1. The zero-order valence-electron chi connectivity index (χ0n) is 11.7. The molecule has 1 fully saturated rings. The van der Waals surface area contributed by atoms with E-state index in [2.05, 4.69) is 29.4 Å². The number of hydrogen-bond acceptors (Lipinski definition) is 3. The number of amides is 1. The summed E-state index contributed by atoms with van der Waals surface area (Å²) in [6.07, 6.45) is 0. The van der Waals surface area contributed by atoms with Gasteiger partial charge in [-0.1, -0.05) is 11.6 Å². The van der Waals surface area contributed by atoms with Crippen LogP contribution in [0.2, 0.25) is 5.02 Å². The molecule has 0 saturated carbocycles. The van der Waals surface area contributed by atoms with Crippen molar-refractivity contribution in [1.82, 2.24) is 10.2 Å². The molecule has 2 N–H and O–H groups in total. The van der Waals surface area contributed by atoms with Crippen LogP contribution in [0, 0.1) is 5.82 Å². The normalized spacial score (nSPS) is 18.8. The lowest BCUT2D eigenvalue weighted by molar-refractivity contribution is -0.119. The fraction of sp³-hybridized carbons (Fsp3) is 0.500. The average Bonchev–Trinajstić information content (AvgIpc) is 2.35. The zero-order valence-corrected chi connectivity index (χ0v) is 12.4. The van der Waals surface area contributed by atoms with Crippen molar-refractivity contribution in [2.24, 2.45) is 0 Å². The number of nitrogens with zero attached hydrogens (tertiary/aromatic N) is 1. The number of rotatable bonds is 3. The predicted molar refractivity (Wildman–Crippen MR) is 78.6 cm³/mol. The van der Waals surface area contributed by atoms with Crippen molar-refractivity contribution in [2.45, 2.75) is 19.4 Å². The molecule has 0 aliphatic carbocycles. The standard InChI is InChI=1S/C14H19ClFN3O/c1-14(2)9-17-5-6-19(14)8-13(20)18-12-4-3-10(15)7-11(12)16/h3-4,7,17H,5-6,8-9H2,1-2H3,(H,18,20). The van der Waals surface area contributed by atoms with E-state index >= 15 is 0 Å². The SMILES string of the molecule is CC1(C)CNCCN1CC(=O)Nc1ccc(Cl)cc1F. The second-order valence-corrected chi connectivity index (χ2v) is 6.02. The summed E-state index contributed by atoms with van der Waals surface area (Å²) >= 11 is 5.68. The van der Waals surface area contributed by atoms with Gasteiger partial charge in [0.1, 0.15) is 5.82 Å². The van der Waals surface area contributed by atoms with Crippen LogP contribution >= 0.6 is 11.6 Å². The second-order valence-electron chi connectivity index (χ2n) is 5.58. The van der Waals surface area contributed by atoms with Crippen LogP contribution in [0.4, 0.5) is 10.1 Å². The molecule has 0 atom stereocenters. The van der Waals surface area contributed by atoms with Crippen LogP contribution < -0.4 is 10.6 Å². The summed E-state index contributed by atoms with van der Waals surface area (Å²) in [5.74, 6) is -0.744. The minimum absolute atomic E-state index is 0.0892. The van der Waals surface area contributed by atoms with Gasteiger partial charge in [0.05, 0.1) is 12.2 Å². The molecule has 1 aliphatic rings. The van der Waals surface area contributed by atoms with E-state index in [4.69, 9.17) is 11.6 Å². The molecule has 110 valence electrons. The number of carbonyl (C=O) groups is 1. The minimum atomic E-state index is -0.523. The Bertz CT molecular complexity index is 507. The van der Waals surface area contributed by atoms with Crippen molar-refractivity contribution in [3.05, 3.63) is 29.0 Å². The van der Waals surface area contributed by atoms with Crippen LogP contribution in [-0.2, 0) is 4.79 Å². The lowest BCUT2D eigenvalue weighted by atomic mass is 10.0. The molecule has 4 nitrogen and oxygen atoms in total. The first-order valence-corrected chi connectivity index (χ1v) is 6.97. The van der Waals surface area contributed by atoms with Gasteiger partial charge in [0.2, 0.25) is 5.91 Å². The van der Waals surface area contributed by atoms with E-state index in [0.29, 0.717) is 5.02 Å². The van der Waals surface area contributed by atoms with Crippen LogP contribution in [0.1, 0.15) is 13.8 Å². The summed E-state index contributed by atoms with van der Waals surface area (Å²) < 4.78 is 13.6. The molecule has 1 saturated heterocycles. The van der Waals surface area contributed by atoms with Gasteiger partial charge in [-0.25, -0.2) is 4.39 Å². The third-order valence-electron chi connectivity index (χ3n) is 3.51. The maximum Gasteiger partial charge on any atom is 0.238 e. The Morgan fingerprint density at radius 2 is 2.30 bits per heavy atom. The van der Waals surface area contributed by atoms with Gasteiger partial charge < -0.3 is 10.6 Å². The number of anilines is 1. The summed E-state index contributed by atoms with van der Waals surface area (Å²) in [6, 6.07) is 4.21. The summed E-state index contributed by atoms with van der Waals surface area (Å²) in [6.45, 7) is 6.88. The lowest BCUT2D eigenvalue weighted by Gasteiger charge is -2.42. The Morgan fingerprint density at radius 3 is 2.95 bits per heavy atom. The minimum Gasteiger partial charge on any atom is -0.322 e. The largest absolute Gasteiger partial charge is 0.322 e. The fourth-order valence-corrected chi connectivity index (χ4v) is 2.43. The number of benzene rings is 1. The zero-order chi connectivity index (χ0) is 14.8. The van der Waals surface area contributed by atoms with E-state index in [0.717, 1.165) is 19.6 Å². The summed E-state index contributed by atoms with van der Waals surface area (Å²) in [4.78, 5) is 14.1. The summed E-state index contributed by atoms with van der Waals surface area (Å²) in [7, 11) is 0. The van der Waals surface area contributed by atoms with E-state index in [1.807, 2.05) is 0 Å². The van der Waals surface area contributed by atoms with Gasteiger partial charge >= 0.3 is 0 Å². The molecule has 1 heterocycles. The molecular weight excluding hydrogens is 281 g/mol. The summed E-state index contributed by atoms with van der Waals surface area (Å²) in [5.41, 5.74) is 0.0704.